The van der Waals surface area contributed by atoms with Crippen LogP contribution in [-0.2, 0) is 6.42 Å². The quantitative estimate of drug-likeness (QED) is 0.924. The lowest BCUT2D eigenvalue weighted by Gasteiger charge is -2.39. The van der Waals surface area contributed by atoms with Crippen LogP contribution in [0.25, 0.3) is 0 Å². The molecule has 0 saturated carbocycles. The van der Waals surface area contributed by atoms with Crippen LogP contribution in [0.5, 0.6) is 0 Å². The minimum absolute atomic E-state index is 0.490. The van der Waals surface area contributed by atoms with Crippen LogP contribution >= 0.6 is 27.3 Å². The average Bonchev–Trinajstić information content (AvgIpc) is 2.63. The van der Waals surface area contributed by atoms with Crippen molar-refractivity contribution in [3.05, 3.63) is 20.8 Å². The van der Waals surface area contributed by atoms with Crippen LogP contribution in [0.1, 0.15) is 31.6 Å². The van der Waals surface area contributed by atoms with E-state index in [0.717, 1.165) is 36.1 Å². The van der Waals surface area contributed by atoms with Gasteiger partial charge in [0.1, 0.15) is 0 Å². The van der Waals surface area contributed by atoms with Crippen LogP contribution in [-0.4, -0.2) is 34.7 Å². The van der Waals surface area contributed by atoms with Crippen molar-refractivity contribution in [1.29, 1.82) is 0 Å². The Morgan fingerprint density at radius 3 is 2.53 bits per heavy atom. The van der Waals surface area contributed by atoms with Crippen molar-refractivity contribution in [2.24, 2.45) is 0 Å². The van der Waals surface area contributed by atoms with Gasteiger partial charge in [-0.2, -0.15) is 0 Å². The summed E-state index contributed by atoms with van der Waals surface area (Å²) in [6, 6.07) is 4.77. The molecule has 1 saturated heterocycles. The van der Waals surface area contributed by atoms with E-state index in [0.29, 0.717) is 6.04 Å². The van der Waals surface area contributed by atoms with Crippen molar-refractivity contribution in [3.8, 4) is 0 Å². The van der Waals surface area contributed by atoms with E-state index in [1.807, 2.05) is 0 Å². The predicted molar refractivity (Wildman–Crippen MR) is 76.6 cm³/mol. The molecule has 0 radical (unpaired) electrons. The molecular weight excluding hydrogens is 298 g/mol. The van der Waals surface area contributed by atoms with Gasteiger partial charge in [0.2, 0.25) is 0 Å². The highest BCUT2D eigenvalue weighted by Gasteiger charge is 2.33. The van der Waals surface area contributed by atoms with Crippen molar-refractivity contribution in [2.75, 3.05) is 13.1 Å². The van der Waals surface area contributed by atoms with Gasteiger partial charge in [-0.15, -0.1) is 11.3 Å². The lowest BCUT2D eigenvalue weighted by molar-refractivity contribution is -0.0265. The van der Waals surface area contributed by atoms with Crippen LogP contribution in [0.4, 0.5) is 0 Å². The maximum atomic E-state index is 10.6. The molecule has 4 heteroatoms. The molecule has 0 atom stereocenters. The first-order chi connectivity index (χ1) is 7.98. The van der Waals surface area contributed by atoms with E-state index in [4.69, 9.17) is 0 Å². The van der Waals surface area contributed by atoms with Crippen molar-refractivity contribution < 1.29 is 5.11 Å². The number of nitrogens with zero attached hydrogens (tertiary/aromatic N) is 1. The third-order valence-corrected chi connectivity index (χ3v) is 5.21. The summed E-state index contributed by atoms with van der Waals surface area (Å²) < 4.78 is 1.15. The van der Waals surface area contributed by atoms with Gasteiger partial charge in [0.15, 0.2) is 0 Å². The molecule has 1 aromatic rings. The first-order valence-electron chi connectivity index (χ1n) is 6.19. The van der Waals surface area contributed by atoms with Crippen LogP contribution < -0.4 is 0 Å². The molecule has 0 spiro atoms. The molecule has 1 N–H and O–H groups in total. The summed E-state index contributed by atoms with van der Waals surface area (Å²) in [6.07, 6.45) is 2.58. The highest BCUT2D eigenvalue weighted by atomic mass is 79.9. The Morgan fingerprint density at radius 2 is 2.06 bits per heavy atom. The molecule has 0 aliphatic carbocycles. The number of aliphatic hydroxyl groups is 1. The van der Waals surface area contributed by atoms with Crippen molar-refractivity contribution >= 4 is 27.3 Å². The Morgan fingerprint density at radius 1 is 1.41 bits per heavy atom. The molecular formula is C13H20BrNOS. The maximum Gasteiger partial charge on any atom is 0.0720 e. The topological polar surface area (TPSA) is 23.5 Å². The number of rotatable bonds is 3. The monoisotopic (exact) mass is 317 g/mol. The zero-order valence-corrected chi connectivity index (χ0v) is 12.9. The van der Waals surface area contributed by atoms with Crippen LogP contribution in [0.2, 0.25) is 0 Å². The fourth-order valence-electron chi connectivity index (χ4n) is 2.40. The fraction of sp³-hybridized carbons (Fsp3) is 0.692. The van der Waals surface area contributed by atoms with Crippen molar-refractivity contribution in [3.63, 3.8) is 0 Å². The van der Waals surface area contributed by atoms with Crippen LogP contribution in [0.3, 0.4) is 0 Å². The van der Waals surface area contributed by atoms with E-state index < -0.39 is 5.60 Å². The zero-order valence-electron chi connectivity index (χ0n) is 10.4. The normalized spacial score (nSPS) is 21.0. The van der Waals surface area contributed by atoms with Crippen LogP contribution in [0.15, 0.2) is 15.9 Å². The van der Waals surface area contributed by atoms with Gasteiger partial charge in [0, 0.05) is 30.4 Å². The second kappa shape index (κ2) is 5.39. The summed E-state index contributed by atoms with van der Waals surface area (Å²) in [6.45, 7) is 6.48. The Labute approximate surface area is 116 Å². The number of piperidine rings is 1. The standard InChI is InChI=1S/C13H20BrNOS/c1-10(2)15-7-5-13(16,6-8-15)9-11-3-4-12(14)17-11/h3-4,10,16H,5-9H2,1-2H3. The van der Waals surface area contributed by atoms with E-state index in [2.05, 4.69) is 46.8 Å². The average molecular weight is 318 g/mol. The minimum atomic E-state index is -0.490. The second-order valence-electron chi connectivity index (χ2n) is 5.24. The molecule has 2 nitrogen and oxygen atoms in total. The molecule has 1 aliphatic rings. The molecule has 0 unspecified atom stereocenters. The summed E-state index contributed by atoms with van der Waals surface area (Å²) in [5.74, 6) is 0. The molecule has 96 valence electrons. The molecule has 1 fully saturated rings. The van der Waals surface area contributed by atoms with Crippen LogP contribution in [0, 0.1) is 0 Å². The second-order valence-corrected chi connectivity index (χ2v) is 7.78. The molecule has 0 aromatic carbocycles. The van der Waals surface area contributed by atoms with Gasteiger partial charge in [0.05, 0.1) is 9.39 Å². The number of thiophene rings is 1. The number of hydrogen-bond acceptors (Lipinski definition) is 3. The number of likely N-dealkylation sites (tertiary alicyclic amines) is 1. The van der Waals surface area contributed by atoms with Gasteiger partial charge in [-0.25, -0.2) is 0 Å². The summed E-state index contributed by atoms with van der Waals surface area (Å²) in [5, 5.41) is 10.6. The van der Waals surface area contributed by atoms with Crippen molar-refractivity contribution in [1.82, 2.24) is 4.90 Å². The Hall–Kier alpha value is 0.1000. The number of halogens is 1. The summed E-state index contributed by atoms with van der Waals surface area (Å²) >= 11 is 5.20. The highest BCUT2D eigenvalue weighted by Crippen LogP contribution is 2.31. The van der Waals surface area contributed by atoms with Gasteiger partial charge in [-0.1, -0.05) is 0 Å². The Balaban J connectivity index is 1.93. The van der Waals surface area contributed by atoms with E-state index in [9.17, 15) is 5.11 Å². The summed E-state index contributed by atoms with van der Waals surface area (Å²) in [7, 11) is 0. The molecule has 2 heterocycles. The largest absolute Gasteiger partial charge is 0.389 e. The van der Waals surface area contributed by atoms with Gasteiger partial charge in [-0.3, -0.25) is 0 Å². The van der Waals surface area contributed by atoms with Gasteiger partial charge >= 0.3 is 0 Å². The van der Waals surface area contributed by atoms with E-state index in [1.165, 1.54) is 4.88 Å². The third kappa shape index (κ3) is 3.53. The smallest absolute Gasteiger partial charge is 0.0720 e. The third-order valence-electron chi connectivity index (χ3n) is 3.59. The summed E-state index contributed by atoms with van der Waals surface area (Å²) in [4.78, 5) is 3.72. The maximum absolute atomic E-state index is 10.6. The molecule has 1 aliphatic heterocycles. The molecule has 17 heavy (non-hydrogen) atoms. The first kappa shape index (κ1) is 13.5. The van der Waals surface area contributed by atoms with E-state index in [-0.39, 0.29) is 0 Å². The summed E-state index contributed by atoms with van der Waals surface area (Å²) in [5.41, 5.74) is -0.490. The van der Waals surface area contributed by atoms with Gasteiger partial charge < -0.3 is 10.0 Å². The molecule has 0 amide bonds. The molecule has 2 rings (SSSR count). The fourth-order valence-corrected chi connectivity index (χ4v) is 4.02. The Bertz CT molecular complexity index is 369. The SMILES string of the molecule is CC(C)N1CCC(O)(Cc2ccc(Br)s2)CC1. The van der Waals surface area contributed by atoms with E-state index in [1.54, 1.807) is 11.3 Å². The first-order valence-corrected chi connectivity index (χ1v) is 7.80. The minimum Gasteiger partial charge on any atom is -0.389 e. The molecule has 0 bridgehead atoms. The van der Waals surface area contributed by atoms with Gasteiger partial charge in [-0.05, 0) is 54.8 Å². The van der Waals surface area contributed by atoms with Crippen molar-refractivity contribution in [2.45, 2.75) is 44.8 Å². The number of hydrogen-bond donors (Lipinski definition) is 1. The van der Waals surface area contributed by atoms with E-state index >= 15 is 0 Å². The highest BCUT2D eigenvalue weighted by molar-refractivity contribution is 9.11. The molecule has 1 aromatic heterocycles. The Kier molecular flexibility index (Phi) is 4.29. The zero-order chi connectivity index (χ0) is 12.5. The lowest BCUT2D eigenvalue weighted by atomic mass is 9.87. The lowest BCUT2D eigenvalue weighted by Crippen LogP contribution is -2.47. The van der Waals surface area contributed by atoms with Gasteiger partial charge in [0.25, 0.3) is 0 Å². The predicted octanol–water partition coefficient (Wildman–Crippen LogP) is 3.29.